The number of nitrogens with zero attached hydrogens (tertiary/aromatic N) is 1. The molecule has 2 N–H and O–H groups in total. The van der Waals surface area contributed by atoms with Gasteiger partial charge < -0.3 is 10.3 Å². The lowest BCUT2D eigenvalue weighted by atomic mass is 10.1. The first-order valence-corrected chi connectivity index (χ1v) is 8.10. The van der Waals surface area contributed by atoms with Crippen molar-refractivity contribution < 1.29 is 0 Å². The van der Waals surface area contributed by atoms with Crippen molar-refractivity contribution >= 4 is 11.3 Å². The monoisotopic (exact) mass is 297 g/mol. The molecular weight excluding hydrogens is 278 g/mol. The van der Waals surface area contributed by atoms with Crippen molar-refractivity contribution in [2.75, 3.05) is 0 Å². The first-order chi connectivity index (χ1) is 10.4. The second kappa shape index (κ2) is 6.70. The number of benzene rings is 1. The van der Waals surface area contributed by atoms with E-state index in [9.17, 15) is 0 Å². The van der Waals surface area contributed by atoms with Crippen LogP contribution in [0.5, 0.6) is 0 Å². The Balaban J connectivity index is 1.65. The summed E-state index contributed by atoms with van der Waals surface area (Å²) in [5.74, 6) is 1.01. The normalized spacial score (nSPS) is 12.4. The van der Waals surface area contributed by atoms with E-state index < -0.39 is 0 Å². The van der Waals surface area contributed by atoms with E-state index in [1.165, 1.54) is 16.0 Å². The summed E-state index contributed by atoms with van der Waals surface area (Å²) in [5, 5.41) is 5.79. The van der Waals surface area contributed by atoms with Gasteiger partial charge in [0.25, 0.3) is 0 Å². The largest absolute Gasteiger partial charge is 0.347 e. The number of nitrogens with one attached hydrogen (secondary N) is 2. The summed E-state index contributed by atoms with van der Waals surface area (Å²) in [7, 11) is 0. The molecule has 0 radical (unpaired) electrons. The van der Waals surface area contributed by atoms with Crippen LogP contribution in [0.1, 0.15) is 30.1 Å². The Bertz CT molecular complexity index is 658. The molecule has 0 aliphatic heterocycles. The fraction of sp³-hybridized carbons (Fsp3) is 0.235. The number of imidazole rings is 1. The van der Waals surface area contributed by atoms with Crippen molar-refractivity contribution in [3.05, 3.63) is 64.9 Å². The molecule has 0 fully saturated rings. The molecular formula is C17H19N3S. The van der Waals surface area contributed by atoms with Crippen LogP contribution in [0.4, 0.5) is 0 Å². The second-order valence-corrected chi connectivity index (χ2v) is 5.98. The first-order valence-electron chi connectivity index (χ1n) is 7.22. The van der Waals surface area contributed by atoms with Gasteiger partial charge in [-0.25, -0.2) is 4.98 Å². The molecule has 1 atom stereocenters. The predicted octanol–water partition coefficient (Wildman–Crippen LogP) is 4.38. The van der Waals surface area contributed by atoms with Crippen LogP contribution in [0.15, 0.2) is 54.2 Å². The van der Waals surface area contributed by atoms with E-state index in [0.29, 0.717) is 0 Å². The number of aromatic amines is 1. The molecule has 1 unspecified atom stereocenters. The highest BCUT2D eigenvalue weighted by molar-refractivity contribution is 7.10. The summed E-state index contributed by atoms with van der Waals surface area (Å²) in [5.41, 5.74) is 2.57. The van der Waals surface area contributed by atoms with Crippen molar-refractivity contribution in [3.63, 3.8) is 0 Å². The van der Waals surface area contributed by atoms with E-state index in [2.05, 4.69) is 57.9 Å². The molecule has 3 aromatic rings. The molecule has 4 heteroatoms. The van der Waals surface area contributed by atoms with Gasteiger partial charge in [-0.05, 0) is 29.0 Å². The van der Waals surface area contributed by atoms with Crippen molar-refractivity contribution in [1.82, 2.24) is 15.3 Å². The van der Waals surface area contributed by atoms with Crippen molar-refractivity contribution in [2.24, 2.45) is 0 Å². The van der Waals surface area contributed by atoms with Gasteiger partial charge >= 0.3 is 0 Å². The summed E-state index contributed by atoms with van der Waals surface area (Å²) in [6.07, 6.45) is 4.70. The summed E-state index contributed by atoms with van der Waals surface area (Å²) >= 11 is 1.80. The highest BCUT2D eigenvalue weighted by atomic mass is 32.1. The van der Waals surface area contributed by atoms with E-state index >= 15 is 0 Å². The molecule has 0 saturated heterocycles. The van der Waals surface area contributed by atoms with Crippen molar-refractivity contribution in [2.45, 2.75) is 25.9 Å². The topological polar surface area (TPSA) is 40.7 Å². The smallest absolute Gasteiger partial charge is 0.123 e. The molecule has 0 amide bonds. The molecule has 1 aromatic carbocycles. The van der Waals surface area contributed by atoms with Gasteiger partial charge in [-0.3, -0.25) is 0 Å². The fourth-order valence-corrected chi connectivity index (χ4v) is 3.23. The van der Waals surface area contributed by atoms with Crippen LogP contribution in [-0.4, -0.2) is 9.97 Å². The lowest BCUT2D eigenvalue weighted by molar-refractivity contribution is 0.500. The fourth-order valence-electron chi connectivity index (χ4n) is 2.38. The van der Waals surface area contributed by atoms with Gasteiger partial charge in [0.15, 0.2) is 0 Å². The highest BCUT2D eigenvalue weighted by Gasteiger charge is 2.11. The van der Waals surface area contributed by atoms with Gasteiger partial charge in [0.05, 0.1) is 6.04 Å². The minimum absolute atomic E-state index is 0.280. The van der Waals surface area contributed by atoms with Crippen LogP contribution in [-0.2, 0) is 6.54 Å². The molecule has 108 valence electrons. The maximum atomic E-state index is 4.34. The van der Waals surface area contributed by atoms with Crippen LogP contribution in [0.2, 0.25) is 0 Å². The molecule has 0 saturated carbocycles. The third kappa shape index (κ3) is 3.40. The molecule has 0 aliphatic rings. The Morgan fingerprint density at radius 1 is 1.24 bits per heavy atom. The number of H-pyrrole nitrogens is 1. The maximum Gasteiger partial charge on any atom is 0.123 e. The van der Waals surface area contributed by atoms with E-state index in [-0.39, 0.29) is 6.04 Å². The van der Waals surface area contributed by atoms with Crippen LogP contribution >= 0.6 is 11.3 Å². The van der Waals surface area contributed by atoms with Gasteiger partial charge in [-0.2, -0.15) is 0 Å². The lowest BCUT2D eigenvalue weighted by Gasteiger charge is -2.13. The lowest BCUT2D eigenvalue weighted by Crippen LogP contribution is -2.20. The zero-order valence-electron chi connectivity index (χ0n) is 12.0. The number of hydrogen-bond acceptors (Lipinski definition) is 3. The van der Waals surface area contributed by atoms with E-state index in [0.717, 1.165) is 18.8 Å². The average Bonchev–Trinajstić information content (AvgIpc) is 3.20. The van der Waals surface area contributed by atoms with Gasteiger partial charge in [-0.15, -0.1) is 11.3 Å². The quantitative estimate of drug-likeness (QED) is 0.709. The van der Waals surface area contributed by atoms with Crippen LogP contribution < -0.4 is 5.32 Å². The summed E-state index contributed by atoms with van der Waals surface area (Å²) < 4.78 is 0. The Labute approximate surface area is 129 Å². The number of aromatic nitrogens is 2. The highest BCUT2D eigenvalue weighted by Crippen LogP contribution is 2.26. The minimum Gasteiger partial charge on any atom is -0.347 e. The molecule has 0 spiro atoms. The molecule has 0 aliphatic carbocycles. The van der Waals surface area contributed by atoms with E-state index in [4.69, 9.17) is 0 Å². The Hall–Kier alpha value is -1.91. The van der Waals surface area contributed by atoms with Crippen molar-refractivity contribution in [1.29, 1.82) is 0 Å². The van der Waals surface area contributed by atoms with Gasteiger partial charge in [-0.1, -0.05) is 37.3 Å². The maximum absolute atomic E-state index is 4.34. The Morgan fingerprint density at radius 2 is 2.10 bits per heavy atom. The van der Waals surface area contributed by atoms with Gasteiger partial charge in [0, 0.05) is 23.8 Å². The number of hydrogen-bond donors (Lipinski definition) is 2. The third-order valence-corrected chi connectivity index (χ3v) is 4.48. The number of thiophene rings is 1. The first kappa shape index (κ1) is 14.0. The minimum atomic E-state index is 0.280. The van der Waals surface area contributed by atoms with Crippen LogP contribution in [0, 0.1) is 0 Å². The molecule has 21 heavy (non-hydrogen) atoms. The Kier molecular flexibility index (Phi) is 4.48. The molecule has 2 aromatic heterocycles. The molecule has 0 bridgehead atoms. The van der Waals surface area contributed by atoms with Crippen LogP contribution in [0.3, 0.4) is 0 Å². The summed E-state index contributed by atoms with van der Waals surface area (Å²) in [4.78, 5) is 8.87. The zero-order chi connectivity index (χ0) is 14.5. The number of rotatable bonds is 6. The van der Waals surface area contributed by atoms with Crippen LogP contribution in [0.25, 0.3) is 11.1 Å². The SMILES string of the molecule is CCC(NCc1cc(-c2ccccc2)cs1)c1ncc[nH]1. The second-order valence-electron chi connectivity index (χ2n) is 4.98. The van der Waals surface area contributed by atoms with E-state index in [1.54, 1.807) is 17.5 Å². The Morgan fingerprint density at radius 3 is 2.81 bits per heavy atom. The summed E-state index contributed by atoms with van der Waals surface area (Å²) in [6, 6.07) is 13.1. The molecule has 3 rings (SSSR count). The third-order valence-electron chi connectivity index (χ3n) is 3.54. The average molecular weight is 297 g/mol. The molecule has 2 heterocycles. The summed E-state index contributed by atoms with van der Waals surface area (Å²) in [6.45, 7) is 3.04. The van der Waals surface area contributed by atoms with E-state index in [1.807, 2.05) is 12.3 Å². The van der Waals surface area contributed by atoms with Gasteiger partial charge in [0.1, 0.15) is 5.82 Å². The predicted molar refractivity (Wildman–Crippen MR) is 88.2 cm³/mol. The van der Waals surface area contributed by atoms with Crippen molar-refractivity contribution in [3.8, 4) is 11.1 Å². The van der Waals surface area contributed by atoms with Gasteiger partial charge in [0.2, 0.25) is 0 Å². The standard InChI is InChI=1S/C17H19N3S/c1-2-16(17-18-8-9-19-17)20-11-15-10-14(12-21-15)13-6-4-3-5-7-13/h3-10,12,16,20H,2,11H2,1H3,(H,18,19). The molecule has 3 nitrogen and oxygen atoms in total. The zero-order valence-corrected chi connectivity index (χ0v) is 12.9.